The fourth-order valence-corrected chi connectivity index (χ4v) is 4.20. The van der Waals surface area contributed by atoms with Crippen LogP contribution in [0.25, 0.3) is 5.76 Å². The number of halogens is 1. The van der Waals surface area contributed by atoms with E-state index in [1.165, 1.54) is 27.7 Å². The van der Waals surface area contributed by atoms with Crippen molar-refractivity contribution in [1.82, 2.24) is 4.98 Å². The molecule has 1 fully saturated rings. The Kier molecular flexibility index (Phi) is 6.70. The second-order valence-corrected chi connectivity index (χ2v) is 8.62. The Bertz CT molecular complexity index is 1110. The van der Waals surface area contributed by atoms with Gasteiger partial charge < -0.3 is 4.74 Å². The molecular formula is C22H21ClN4O2S2. The summed E-state index contributed by atoms with van der Waals surface area (Å²) >= 11 is 11.8. The van der Waals surface area contributed by atoms with Crippen LogP contribution in [0, 0.1) is 0 Å². The minimum Gasteiger partial charge on any atom is -0.495 e. The van der Waals surface area contributed by atoms with Crippen molar-refractivity contribution >= 4 is 63.9 Å². The lowest BCUT2D eigenvalue weighted by Gasteiger charge is -2.21. The molecule has 1 aromatic heterocycles. The molecule has 0 aliphatic heterocycles. The third-order valence-electron chi connectivity index (χ3n) is 4.91. The van der Waals surface area contributed by atoms with Gasteiger partial charge in [-0.25, -0.2) is 9.40 Å². The van der Waals surface area contributed by atoms with Crippen LogP contribution in [0.3, 0.4) is 0 Å². The molecule has 0 saturated heterocycles. The van der Waals surface area contributed by atoms with Gasteiger partial charge in [-0.3, -0.25) is 15.5 Å². The van der Waals surface area contributed by atoms with Crippen molar-refractivity contribution in [3.63, 3.8) is 0 Å². The number of carbonyl (C=O) groups excluding carboxylic acids is 1. The molecule has 1 amide bonds. The molecule has 1 aliphatic carbocycles. The Morgan fingerprint density at radius 1 is 1.19 bits per heavy atom. The van der Waals surface area contributed by atoms with Crippen molar-refractivity contribution in [1.29, 1.82) is 0 Å². The van der Waals surface area contributed by atoms with Gasteiger partial charge in [-0.15, -0.1) is 11.3 Å². The zero-order valence-electron chi connectivity index (χ0n) is 16.8. The quantitative estimate of drug-likeness (QED) is 0.215. The number of thiol groups is 1. The van der Waals surface area contributed by atoms with Gasteiger partial charge in [-0.2, -0.15) is 0 Å². The molecule has 6 nitrogen and oxygen atoms in total. The van der Waals surface area contributed by atoms with Crippen molar-refractivity contribution in [3.8, 4) is 0 Å². The average molecular weight is 473 g/mol. The highest BCUT2D eigenvalue weighted by atomic mass is 35.5. The molecule has 0 radical (unpaired) electrons. The standard InChI is InChI=1S/C22H21ClN4O2S2/c1-29-20(14-5-4-6-14)19-13-31-22(24-19)25-21(28)17-7-2-3-8-18(17)26-27(30)16-11-9-15(23)10-12-16/h2-3,7-13,26,30H,4-6H2,1H3,(H,24,25,28). The molecule has 4 rings (SSSR count). The SMILES string of the molecule is COC(=C1CCC1)c1csc(NC(=O)c2ccccc2NN(S)c2ccc(Cl)cc2)n1. The van der Waals surface area contributed by atoms with Crippen LogP contribution < -0.4 is 15.2 Å². The van der Waals surface area contributed by atoms with Crippen LogP contribution >= 0.6 is 35.8 Å². The molecule has 1 saturated carbocycles. The van der Waals surface area contributed by atoms with Crippen LogP contribution in [0.15, 0.2) is 59.5 Å². The summed E-state index contributed by atoms with van der Waals surface area (Å²) in [5, 5.41) is 5.94. The molecule has 0 atom stereocenters. The van der Waals surface area contributed by atoms with Crippen LogP contribution in [0.4, 0.5) is 16.5 Å². The molecule has 160 valence electrons. The van der Waals surface area contributed by atoms with Gasteiger partial charge in [0.1, 0.15) is 11.5 Å². The highest BCUT2D eigenvalue weighted by Crippen LogP contribution is 2.35. The van der Waals surface area contributed by atoms with Crippen molar-refractivity contribution in [2.24, 2.45) is 0 Å². The van der Waals surface area contributed by atoms with Crippen molar-refractivity contribution in [2.75, 3.05) is 22.3 Å². The number of anilines is 3. The lowest BCUT2D eigenvalue weighted by Crippen LogP contribution is -2.22. The molecule has 31 heavy (non-hydrogen) atoms. The molecule has 1 aliphatic rings. The molecule has 3 aromatic rings. The summed E-state index contributed by atoms with van der Waals surface area (Å²) in [5.74, 6) is 0.552. The maximum absolute atomic E-state index is 13.0. The minimum absolute atomic E-state index is 0.267. The third kappa shape index (κ3) is 4.98. The van der Waals surface area contributed by atoms with E-state index in [0.29, 0.717) is 21.4 Å². The van der Waals surface area contributed by atoms with Crippen LogP contribution in [-0.2, 0) is 4.74 Å². The van der Waals surface area contributed by atoms with E-state index in [9.17, 15) is 4.79 Å². The van der Waals surface area contributed by atoms with Crippen molar-refractivity contribution in [3.05, 3.63) is 75.8 Å². The number of carbonyl (C=O) groups is 1. The molecule has 2 N–H and O–H groups in total. The number of para-hydroxylation sites is 1. The number of hydrogen-bond donors (Lipinski definition) is 3. The second kappa shape index (κ2) is 9.64. The first-order valence-corrected chi connectivity index (χ1v) is 11.3. The van der Waals surface area contributed by atoms with E-state index in [1.54, 1.807) is 25.3 Å². The van der Waals surface area contributed by atoms with Crippen LogP contribution in [0.1, 0.15) is 35.3 Å². The number of thiazole rings is 1. The smallest absolute Gasteiger partial charge is 0.259 e. The van der Waals surface area contributed by atoms with Gasteiger partial charge in [-0.1, -0.05) is 23.7 Å². The zero-order chi connectivity index (χ0) is 21.8. The fourth-order valence-electron chi connectivity index (χ4n) is 3.15. The Labute approximate surface area is 195 Å². The number of nitrogens with one attached hydrogen (secondary N) is 2. The lowest BCUT2D eigenvalue weighted by molar-refractivity contribution is 0.102. The Morgan fingerprint density at radius 3 is 2.61 bits per heavy atom. The maximum atomic E-state index is 13.0. The molecular weight excluding hydrogens is 452 g/mol. The van der Waals surface area contributed by atoms with Gasteiger partial charge in [0, 0.05) is 10.4 Å². The van der Waals surface area contributed by atoms with E-state index in [0.717, 1.165) is 30.0 Å². The highest BCUT2D eigenvalue weighted by Gasteiger charge is 2.20. The third-order valence-corrected chi connectivity index (χ3v) is 6.25. The number of hydrazine groups is 1. The number of aromatic nitrogens is 1. The number of hydrogen-bond acceptors (Lipinski definition) is 7. The first kappa shape index (κ1) is 21.5. The first-order valence-electron chi connectivity index (χ1n) is 9.68. The largest absolute Gasteiger partial charge is 0.495 e. The summed E-state index contributed by atoms with van der Waals surface area (Å²) < 4.78 is 7.06. The van der Waals surface area contributed by atoms with Gasteiger partial charge in [0.25, 0.3) is 5.91 Å². The molecule has 0 unspecified atom stereocenters. The molecule has 0 bridgehead atoms. The summed E-state index contributed by atoms with van der Waals surface area (Å²) in [4.78, 5) is 17.5. The van der Waals surface area contributed by atoms with E-state index in [4.69, 9.17) is 16.3 Å². The van der Waals surface area contributed by atoms with Crippen LogP contribution in [0.2, 0.25) is 5.02 Å². The number of allylic oxidation sites excluding steroid dienone is 1. The zero-order valence-corrected chi connectivity index (χ0v) is 19.2. The van der Waals surface area contributed by atoms with E-state index < -0.39 is 0 Å². The predicted molar refractivity (Wildman–Crippen MR) is 131 cm³/mol. The number of benzene rings is 2. The van der Waals surface area contributed by atoms with Crippen molar-refractivity contribution < 1.29 is 9.53 Å². The molecule has 1 heterocycles. The summed E-state index contributed by atoms with van der Waals surface area (Å²) in [6.45, 7) is 0. The van der Waals surface area contributed by atoms with E-state index >= 15 is 0 Å². The van der Waals surface area contributed by atoms with E-state index in [-0.39, 0.29) is 5.91 Å². The van der Waals surface area contributed by atoms with Crippen LogP contribution in [0.5, 0.6) is 0 Å². The number of methoxy groups -OCH3 is 1. The molecule has 2 aromatic carbocycles. The monoisotopic (exact) mass is 472 g/mol. The normalized spacial score (nSPS) is 12.7. The number of amides is 1. The highest BCUT2D eigenvalue weighted by molar-refractivity contribution is 7.81. The molecule has 0 spiro atoms. The maximum Gasteiger partial charge on any atom is 0.259 e. The summed E-state index contributed by atoms with van der Waals surface area (Å²) in [5.41, 5.74) is 7.01. The number of rotatable bonds is 7. The summed E-state index contributed by atoms with van der Waals surface area (Å²) in [6.07, 6.45) is 3.25. The lowest BCUT2D eigenvalue weighted by atomic mass is 9.90. The summed E-state index contributed by atoms with van der Waals surface area (Å²) in [6, 6.07) is 14.4. The predicted octanol–water partition coefficient (Wildman–Crippen LogP) is 6.27. The van der Waals surface area contributed by atoms with Gasteiger partial charge in [0.15, 0.2) is 5.13 Å². The summed E-state index contributed by atoms with van der Waals surface area (Å²) in [7, 11) is 1.66. The second-order valence-electron chi connectivity index (χ2n) is 6.93. The average Bonchev–Trinajstić information content (AvgIpc) is 3.19. The fraction of sp³-hybridized carbons (Fsp3) is 0.182. The number of nitrogens with zero attached hydrogens (tertiary/aromatic N) is 2. The van der Waals surface area contributed by atoms with Gasteiger partial charge in [0.05, 0.1) is 24.0 Å². The van der Waals surface area contributed by atoms with Gasteiger partial charge in [0.2, 0.25) is 0 Å². The minimum atomic E-state index is -0.267. The Hall–Kier alpha value is -2.68. The van der Waals surface area contributed by atoms with Crippen LogP contribution in [-0.4, -0.2) is 18.0 Å². The molecule has 9 heteroatoms. The topological polar surface area (TPSA) is 66.5 Å². The Balaban J connectivity index is 1.49. The Morgan fingerprint density at radius 2 is 1.94 bits per heavy atom. The van der Waals surface area contributed by atoms with Crippen molar-refractivity contribution in [2.45, 2.75) is 19.3 Å². The van der Waals surface area contributed by atoms with Gasteiger partial charge >= 0.3 is 0 Å². The van der Waals surface area contributed by atoms with E-state index in [2.05, 4.69) is 28.5 Å². The number of ether oxygens (including phenoxy) is 1. The van der Waals surface area contributed by atoms with E-state index in [1.807, 2.05) is 35.7 Å². The first-order chi connectivity index (χ1) is 15.0. The van der Waals surface area contributed by atoms with Gasteiger partial charge in [-0.05, 0) is 74.0 Å².